The van der Waals surface area contributed by atoms with Gasteiger partial charge in [-0.25, -0.2) is 4.98 Å². The highest BCUT2D eigenvalue weighted by molar-refractivity contribution is 5.66. The van der Waals surface area contributed by atoms with Gasteiger partial charge in [-0.15, -0.1) is 0 Å². The lowest BCUT2D eigenvalue weighted by Crippen LogP contribution is -2.05. The Balaban J connectivity index is 2.02. The second-order valence-electron chi connectivity index (χ2n) is 3.43. The van der Waals surface area contributed by atoms with E-state index in [4.69, 9.17) is 5.11 Å². The molecule has 13 heavy (non-hydrogen) atoms. The molecule has 1 N–H and O–H groups in total. The number of carboxylic acids is 1. The second-order valence-corrected chi connectivity index (χ2v) is 3.43. The van der Waals surface area contributed by atoms with Crippen molar-refractivity contribution in [2.24, 2.45) is 0 Å². The highest BCUT2D eigenvalue weighted by Gasteiger charge is 2.26. The van der Waals surface area contributed by atoms with Crippen molar-refractivity contribution >= 4 is 5.97 Å². The summed E-state index contributed by atoms with van der Waals surface area (Å²) in [5.41, 5.74) is 1.20. The maximum atomic E-state index is 10.4. The first kappa shape index (κ1) is 8.29. The van der Waals surface area contributed by atoms with Crippen LogP contribution in [0.5, 0.6) is 0 Å². The second kappa shape index (κ2) is 3.20. The molecular formula is C9H12N2O2. The van der Waals surface area contributed by atoms with Gasteiger partial charge in [0.05, 0.1) is 12.7 Å². The van der Waals surface area contributed by atoms with E-state index in [9.17, 15) is 4.79 Å². The minimum Gasteiger partial charge on any atom is -0.481 e. The first-order chi connectivity index (χ1) is 6.27. The molecule has 1 heterocycles. The summed E-state index contributed by atoms with van der Waals surface area (Å²) in [7, 11) is 0. The highest BCUT2D eigenvalue weighted by atomic mass is 16.4. The van der Waals surface area contributed by atoms with Gasteiger partial charge in [-0.1, -0.05) is 0 Å². The summed E-state index contributed by atoms with van der Waals surface area (Å²) in [6, 6.07) is 0. The molecule has 0 saturated heterocycles. The summed E-state index contributed by atoms with van der Waals surface area (Å²) in [5, 5.41) is 8.52. The fourth-order valence-corrected chi connectivity index (χ4v) is 1.45. The normalized spacial score (nSPS) is 16.0. The molecule has 4 nitrogen and oxygen atoms in total. The number of carbonyl (C=O) groups is 1. The van der Waals surface area contributed by atoms with E-state index in [1.54, 1.807) is 6.33 Å². The molecule has 0 spiro atoms. The van der Waals surface area contributed by atoms with Crippen molar-refractivity contribution in [3.63, 3.8) is 0 Å². The van der Waals surface area contributed by atoms with Crippen LogP contribution in [-0.4, -0.2) is 20.6 Å². The lowest BCUT2D eigenvalue weighted by atomic mass is 10.3. The van der Waals surface area contributed by atoms with Crippen LogP contribution < -0.4 is 0 Å². The minimum atomic E-state index is -0.754. The van der Waals surface area contributed by atoms with Gasteiger partial charge < -0.3 is 9.67 Å². The van der Waals surface area contributed by atoms with Crippen LogP contribution in [0.4, 0.5) is 0 Å². The van der Waals surface area contributed by atoms with Gasteiger partial charge in [0, 0.05) is 24.4 Å². The van der Waals surface area contributed by atoms with Crippen molar-refractivity contribution in [2.45, 2.75) is 31.7 Å². The molecule has 0 unspecified atom stereocenters. The van der Waals surface area contributed by atoms with Gasteiger partial charge in [-0.2, -0.15) is 0 Å². The largest absolute Gasteiger partial charge is 0.481 e. The Hall–Kier alpha value is -1.32. The molecule has 0 amide bonds. The van der Waals surface area contributed by atoms with Crippen molar-refractivity contribution in [3.8, 4) is 0 Å². The first-order valence-electron chi connectivity index (χ1n) is 4.49. The molecule has 1 aromatic rings. The SMILES string of the molecule is O=C(O)CCn1cncc1C1CC1. The highest BCUT2D eigenvalue weighted by Crippen LogP contribution is 2.39. The summed E-state index contributed by atoms with van der Waals surface area (Å²) in [5.74, 6) is -0.119. The molecule has 1 aliphatic carbocycles. The molecule has 1 fully saturated rings. The third-order valence-corrected chi connectivity index (χ3v) is 2.31. The number of rotatable bonds is 4. The van der Waals surface area contributed by atoms with Crippen LogP contribution in [0.15, 0.2) is 12.5 Å². The van der Waals surface area contributed by atoms with Crippen molar-refractivity contribution in [3.05, 3.63) is 18.2 Å². The lowest BCUT2D eigenvalue weighted by molar-refractivity contribution is -0.137. The fourth-order valence-electron chi connectivity index (χ4n) is 1.45. The predicted molar refractivity (Wildman–Crippen MR) is 46.5 cm³/mol. The van der Waals surface area contributed by atoms with E-state index in [1.807, 2.05) is 10.8 Å². The van der Waals surface area contributed by atoms with E-state index >= 15 is 0 Å². The third kappa shape index (κ3) is 1.88. The topological polar surface area (TPSA) is 55.1 Å². The Bertz CT molecular complexity index is 315. The third-order valence-electron chi connectivity index (χ3n) is 2.31. The Kier molecular flexibility index (Phi) is 2.04. The Morgan fingerprint density at radius 3 is 3.08 bits per heavy atom. The molecule has 0 aliphatic heterocycles. The van der Waals surface area contributed by atoms with Crippen molar-refractivity contribution in [1.82, 2.24) is 9.55 Å². The average Bonchev–Trinajstić information content (AvgIpc) is 2.82. The van der Waals surface area contributed by atoms with Crippen LogP contribution in [0.3, 0.4) is 0 Å². The number of aromatic nitrogens is 2. The van der Waals surface area contributed by atoms with Crippen LogP contribution in [0.2, 0.25) is 0 Å². The number of aliphatic carboxylic acids is 1. The van der Waals surface area contributed by atoms with E-state index < -0.39 is 5.97 Å². The fraction of sp³-hybridized carbons (Fsp3) is 0.556. The van der Waals surface area contributed by atoms with Gasteiger partial charge in [-0.3, -0.25) is 4.79 Å². The van der Waals surface area contributed by atoms with Gasteiger partial charge in [0.25, 0.3) is 0 Å². The van der Waals surface area contributed by atoms with E-state index in [-0.39, 0.29) is 6.42 Å². The predicted octanol–water partition coefficient (Wildman–Crippen LogP) is 1.24. The van der Waals surface area contributed by atoms with Crippen molar-refractivity contribution < 1.29 is 9.90 Å². The van der Waals surface area contributed by atoms with E-state index in [0.29, 0.717) is 12.5 Å². The zero-order chi connectivity index (χ0) is 9.26. The van der Waals surface area contributed by atoms with E-state index in [1.165, 1.54) is 18.5 Å². The van der Waals surface area contributed by atoms with Crippen LogP contribution in [0.1, 0.15) is 30.9 Å². The first-order valence-corrected chi connectivity index (χ1v) is 4.49. The summed E-state index contributed by atoms with van der Waals surface area (Å²) in [6.07, 6.45) is 6.18. The zero-order valence-corrected chi connectivity index (χ0v) is 7.31. The number of hydrogen-bond acceptors (Lipinski definition) is 2. The van der Waals surface area contributed by atoms with Gasteiger partial charge in [0.2, 0.25) is 0 Å². The molecule has 0 aromatic carbocycles. The number of carboxylic acid groups (broad SMARTS) is 1. The summed E-state index contributed by atoms with van der Waals surface area (Å²) < 4.78 is 1.95. The molecule has 4 heteroatoms. The van der Waals surface area contributed by atoms with Crippen LogP contribution in [-0.2, 0) is 11.3 Å². The Morgan fingerprint density at radius 1 is 1.69 bits per heavy atom. The average molecular weight is 180 g/mol. The number of hydrogen-bond donors (Lipinski definition) is 1. The monoisotopic (exact) mass is 180 g/mol. The van der Waals surface area contributed by atoms with Crippen LogP contribution in [0, 0.1) is 0 Å². The maximum absolute atomic E-state index is 10.4. The number of nitrogens with zero attached hydrogens (tertiary/aromatic N) is 2. The molecule has 1 saturated carbocycles. The molecule has 0 atom stereocenters. The van der Waals surface area contributed by atoms with Crippen molar-refractivity contribution in [2.75, 3.05) is 0 Å². The van der Waals surface area contributed by atoms with Crippen molar-refractivity contribution in [1.29, 1.82) is 0 Å². The molecule has 1 aromatic heterocycles. The Morgan fingerprint density at radius 2 is 2.46 bits per heavy atom. The maximum Gasteiger partial charge on any atom is 0.305 e. The molecule has 1 aliphatic rings. The lowest BCUT2D eigenvalue weighted by Gasteiger charge is -2.04. The van der Waals surface area contributed by atoms with Gasteiger partial charge in [0.15, 0.2) is 0 Å². The van der Waals surface area contributed by atoms with Crippen LogP contribution in [0.25, 0.3) is 0 Å². The Labute approximate surface area is 76.2 Å². The van der Waals surface area contributed by atoms with Gasteiger partial charge in [0.1, 0.15) is 0 Å². The minimum absolute atomic E-state index is 0.177. The molecule has 70 valence electrons. The van der Waals surface area contributed by atoms with E-state index in [0.717, 1.165) is 0 Å². The molecular weight excluding hydrogens is 168 g/mol. The van der Waals surface area contributed by atoms with Gasteiger partial charge >= 0.3 is 5.97 Å². The number of imidazole rings is 1. The molecule has 0 radical (unpaired) electrons. The number of aryl methyl sites for hydroxylation is 1. The summed E-state index contributed by atoms with van der Waals surface area (Å²) in [4.78, 5) is 14.4. The zero-order valence-electron chi connectivity index (χ0n) is 7.31. The molecule has 2 rings (SSSR count). The van der Waals surface area contributed by atoms with E-state index in [2.05, 4.69) is 4.98 Å². The van der Waals surface area contributed by atoms with Crippen LogP contribution >= 0.6 is 0 Å². The molecule has 0 bridgehead atoms. The summed E-state index contributed by atoms with van der Waals surface area (Å²) >= 11 is 0. The quantitative estimate of drug-likeness (QED) is 0.758. The smallest absolute Gasteiger partial charge is 0.305 e. The standard InChI is InChI=1S/C9H12N2O2/c12-9(13)3-4-11-6-10-5-8(11)7-1-2-7/h5-7H,1-4H2,(H,12,13). The van der Waals surface area contributed by atoms with Gasteiger partial charge in [-0.05, 0) is 12.8 Å². The summed E-state index contributed by atoms with van der Waals surface area (Å²) in [6.45, 7) is 0.543.